The average molecular weight is 340 g/mol. The highest BCUT2D eigenvalue weighted by Gasteiger charge is 2.28. The van der Waals surface area contributed by atoms with Gasteiger partial charge < -0.3 is 5.73 Å². The van der Waals surface area contributed by atoms with Gasteiger partial charge in [-0.1, -0.05) is 29.0 Å². The second-order valence-corrected chi connectivity index (χ2v) is 7.09. The molecule has 4 heteroatoms. The van der Waals surface area contributed by atoms with Gasteiger partial charge in [-0.05, 0) is 38.0 Å². The fraction of sp³-hybridized carbons (Fsp3) is 1.00. The van der Waals surface area contributed by atoms with E-state index in [1.54, 1.807) is 0 Å². The molecule has 1 heterocycles. The monoisotopic (exact) mass is 340 g/mol. The van der Waals surface area contributed by atoms with Gasteiger partial charge in [-0.3, -0.25) is 4.90 Å². The quantitative estimate of drug-likeness (QED) is 0.619. The van der Waals surface area contributed by atoms with E-state index in [4.69, 9.17) is 5.73 Å². The highest BCUT2D eigenvalue weighted by Crippen LogP contribution is 2.29. The van der Waals surface area contributed by atoms with E-state index >= 15 is 0 Å². The van der Waals surface area contributed by atoms with E-state index in [9.17, 15) is 4.39 Å². The standard InChI is InChI=1S/C12H22FIN2/c13-10-3-1-2-9(6-10)7-16-8-11(14)4-5-12(16)15/h9-12H,1-8,15H2. The van der Waals surface area contributed by atoms with Crippen molar-refractivity contribution in [3.8, 4) is 0 Å². The molecule has 2 aliphatic rings. The van der Waals surface area contributed by atoms with Crippen molar-refractivity contribution in [3.05, 3.63) is 0 Å². The first-order valence-electron chi connectivity index (χ1n) is 6.43. The SMILES string of the molecule is NC1CCC(I)CN1CC1CCCC(F)C1. The Morgan fingerprint density at radius 2 is 2.06 bits per heavy atom. The van der Waals surface area contributed by atoms with Crippen molar-refractivity contribution in [2.24, 2.45) is 11.7 Å². The van der Waals surface area contributed by atoms with E-state index in [1.165, 1.54) is 12.8 Å². The van der Waals surface area contributed by atoms with E-state index in [-0.39, 0.29) is 6.17 Å². The fourth-order valence-electron chi connectivity index (χ4n) is 2.95. The Hall–Kier alpha value is 0.580. The van der Waals surface area contributed by atoms with Crippen LogP contribution in [0.3, 0.4) is 0 Å². The summed E-state index contributed by atoms with van der Waals surface area (Å²) in [6.45, 7) is 2.11. The second kappa shape index (κ2) is 5.96. The minimum atomic E-state index is -0.560. The Morgan fingerprint density at radius 1 is 1.25 bits per heavy atom. The van der Waals surface area contributed by atoms with Crippen LogP contribution in [-0.4, -0.2) is 34.3 Å². The van der Waals surface area contributed by atoms with Gasteiger partial charge in [0.15, 0.2) is 0 Å². The van der Waals surface area contributed by atoms with E-state index in [0.717, 1.165) is 42.7 Å². The predicted molar refractivity (Wildman–Crippen MR) is 73.4 cm³/mol. The van der Waals surface area contributed by atoms with Gasteiger partial charge in [0.05, 0.1) is 6.17 Å². The normalized spacial score (nSPS) is 42.2. The lowest BCUT2D eigenvalue weighted by molar-refractivity contribution is 0.101. The molecule has 0 radical (unpaired) electrons. The minimum Gasteiger partial charge on any atom is -0.316 e. The third-order valence-electron chi connectivity index (χ3n) is 3.89. The van der Waals surface area contributed by atoms with Crippen molar-refractivity contribution >= 4 is 22.6 Å². The third-order valence-corrected chi connectivity index (χ3v) is 4.91. The highest BCUT2D eigenvalue weighted by atomic mass is 127. The Kier molecular flexibility index (Phi) is 4.85. The van der Waals surface area contributed by atoms with Crippen molar-refractivity contribution in [2.75, 3.05) is 13.1 Å². The van der Waals surface area contributed by atoms with E-state index in [1.807, 2.05) is 0 Å². The molecule has 2 fully saturated rings. The first-order valence-corrected chi connectivity index (χ1v) is 7.67. The Bertz CT molecular complexity index is 227. The first-order chi connectivity index (χ1) is 7.65. The number of nitrogens with zero attached hydrogens (tertiary/aromatic N) is 1. The van der Waals surface area contributed by atoms with Crippen molar-refractivity contribution in [3.63, 3.8) is 0 Å². The summed E-state index contributed by atoms with van der Waals surface area (Å²) in [5.41, 5.74) is 6.12. The molecular formula is C12H22FIN2. The number of hydrogen-bond acceptors (Lipinski definition) is 2. The van der Waals surface area contributed by atoms with Crippen LogP contribution >= 0.6 is 22.6 Å². The van der Waals surface area contributed by atoms with Gasteiger partial charge in [-0.2, -0.15) is 0 Å². The maximum atomic E-state index is 13.3. The van der Waals surface area contributed by atoms with Crippen molar-refractivity contribution in [1.82, 2.24) is 4.90 Å². The van der Waals surface area contributed by atoms with Gasteiger partial charge in [-0.15, -0.1) is 0 Å². The van der Waals surface area contributed by atoms with Gasteiger partial charge in [0.2, 0.25) is 0 Å². The van der Waals surface area contributed by atoms with Crippen LogP contribution in [0.15, 0.2) is 0 Å². The zero-order valence-electron chi connectivity index (χ0n) is 9.75. The van der Waals surface area contributed by atoms with Crippen LogP contribution in [0.25, 0.3) is 0 Å². The molecule has 1 aliphatic carbocycles. The number of alkyl halides is 2. The molecule has 0 bridgehead atoms. The zero-order chi connectivity index (χ0) is 11.5. The van der Waals surface area contributed by atoms with E-state index in [2.05, 4.69) is 27.5 Å². The molecule has 0 aromatic rings. The number of rotatable bonds is 2. The first kappa shape index (κ1) is 13.0. The van der Waals surface area contributed by atoms with Gasteiger partial charge in [0.25, 0.3) is 0 Å². The van der Waals surface area contributed by atoms with Crippen LogP contribution in [0, 0.1) is 5.92 Å². The number of nitrogens with two attached hydrogens (primary N) is 1. The molecule has 4 atom stereocenters. The predicted octanol–water partition coefficient (Wildman–Crippen LogP) is 2.70. The average Bonchev–Trinajstić information content (AvgIpc) is 2.24. The summed E-state index contributed by atoms with van der Waals surface area (Å²) in [6, 6.07) is 0. The van der Waals surface area contributed by atoms with Crippen LogP contribution in [0.1, 0.15) is 38.5 Å². The molecule has 1 saturated carbocycles. The lowest BCUT2D eigenvalue weighted by Crippen LogP contribution is -2.50. The summed E-state index contributed by atoms with van der Waals surface area (Å²) in [4.78, 5) is 2.38. The molecule has 2 N–H and O–H groups in total. The summed E-state index contributed by atoms with van der Waals surface area (Å²) >= 11 is 2.51. The topological polar surface area (TPSA) is 29.3 Å². The fourth-order valence-corrected chi connectivity index (χ4v) is 3.81. The van der Waals surface area contributed by atoms with Crippen LogP contribution < -0.4 is 5.73 Å². The molecule has 0 aromatic carbocycles. The lowest BCUT2D eigenvalue weighted by Gasteiger charge is -2.39. The summed E-state index contributed by atoms with van der Waals surface area (Å²) < 4.78 is 14.0. The van der Waals surface area contributed by atoms with E-state index < -0.39 is 6.17 Å². The van der Waals surface area contributed by atoms with Gasteiger partial charge >= 0.3 is 0 Å². The second-order valence-electron chi connectivity index (χ2n) is 5.33. The molecule has 4 unspecified atom stereocenters. The van der Waals surface area contributed by atoms with Crippen LogP contribution in [0.4, 0.5) is 4.39 Å². The van der Waals surface area contributed by atoms with Gasteiger partial charge in [-0.25, -0.2) is 4.39 Å². The molecule has 1 aliphatic heterocycles. The molecular weight excluding hydrogens is 318 g/mol. The Balaban J connectivity index is 1.82. The highest BCUT2D eigenvalue weighted by molar-refractivity contribution is 14.1. The number of hydrogen-bond donors (Lipinski definition) is 1. The maximum absolute atomic E-state index is 13.3. The number of piperidine rings is 1. The molecule has 2 nitrogen and oxygen atoms in total. The molecule has 94 valence electrons. The van der Waals surface area contributed by atoms with Crippen LogP contribution in [0.5, 0.6) is 0 Å². The van der Waals surface area contributed by atoms with Gasteiger partial charge in [0, 0.05) is 17.0 Å². The third kappa shape index (κ3) is 3.53. The zero-order valence-corrected chi connectivity index (χ0v) is 11.9. The maximum Gasteiger partial charge on any atom is 0.100 e. The van der Waals surface area contributed by atoms with Crippen LogP contribution in [0.2, 0.25) is 0 Å². The minimum absolute atomic E-state index is 0.214. The van der Waals surface area contributed by atoms with Crippen molar-refractivity contribution < 1.29 is 4.39 Å². The summed E-state index contributed by atoms with van der Waals surface area (Å²) in [5.74, 6) is 0.538. The smallest absolute Gasteiger partial charge is 0.100 e. The summed E-state index contributed by atoms with van der Waals surface area (Å²) in [7, 11) is 0. The van der Waals surface area contributed by atoms with Crippen molar-refractivity contribution in [2.45, 2.75) is 54.8 Å². The number of likely N-dealkylation sites (tertiary alicyclic amines) is 1. The molecule has 1 saturated heterocycles. The van der Waals surface area contributed by atoms with Gasteiger partial charge in [0.1, 0.15) is 6.17 Å². The number of halogens is 2. The van der Waals surface area contributed by atoms with Crippen molar-refractivity contribution in [1.29, 1.82) is 0 Å². The molecule has 16 heavy (non-hydrogen) atoms. The summed E-state index contributed by atoms with van der Waals surface area (Å²) in [5, 5.41) is 0. The lowest BCUT2D eigenvalue weighted by atomic mass is 9.87. The molecule has 0 spiro atoms. The van der Waals surface area contributed by atoms with Crippen LogP contribution in [-0.2, 0) is 0 Å². The Labute approximate surface area is 111 Å². The Morgan fingerprint density at radius 3 is 2.81 bits per heavy atom. The van der Waals surface area contributed by atoms with E-state index in [0.29, 0.717) is 5.92 Å². The largest absolute Gasteiger partial charge is 0.316 e. The molecule has 0 aromatic heterocycles. The molecule has 0 amide bonds. The molecule has 2 rings (SSSR count). The summed E-state index contributed by atoms with van der Waals surface area (Å²) in [6.07, 6.45) is 5.76.